The summed E-state index contributed by atoms with van der Waals surface area (Å²) in [5, 5.41) is 8.09. The lowest BCUT2D eigenvalue weighted by atomic mass is 10.1. The molecule has 0 bridgehead atoms. The van der Waals surface area contributed by atoms with E-state index in [4.69, 9.17) is 10.1 Å². The maximum Gasteiger partial charge on any atom is 0.182 e. The van der Waals surface area contributed by atoms with Crippen LogP contribution in [0.4, 0.5) is 0 Å². The van der Waals surface area contributed by atoms with Crippen LogP contribution in [0.2, 0.25) is 0 Å². The second-order valence-electron chi connectivity index (χ2n) is 6.24. The van der Waals surface area contributed by atoms with E-state index in [0.717, 1.165) is 52.7 Å². The summed E-state index contributed by atoms with van der Waals surface area (Å²) in [5.74, 6) is 1.61. The number of amidine groups is 1. The first-order valence-electron chi connectivity index (χ1n) is 8.68. The number of hydrogen-bond donors (Lipinski definition) is 1. The zero-order chi connectivity index (χ0) is 17.3. The molecule has 2 aromatic heterocycles. The molecule has 0 aliphatic carbocycles. The van der Waals surface area contributed by atoms with Gasteiger partial charge in [0.2, 0.25) is 0 Å². The number of aliphatic imine (C=N–C) groups is 1. The van der Waals surface area contributed by atoms with Gasteiger partial charge in [-0.2, -0.15) is 0 Å². The summed E-state index contributed by atoms with van der Waals surface area (Å²) in [7, 11) is 0. The van der Waals surface area contributed by atoms with Crippen molar-refractivity contribution in [2.24, 2.45) is 4.99 Å². The molecule has 1 aliphatic heterocycles. The predicted octanol–water partition coefficient (Wildman–Crippen LogP) is 3.41. The molecule has 1 aliphatic rings. The number of pyridine rings is 1. The van der Waals surface area contributed by atoms with Gasteiger partial charge >= 0.3 is 0 Å². The number of benzene rings is 2. The first-order valence-corrected chi connectivity index (χ1v) is 8.68. The van der Waals surface area contributed by atoms with E-state index in [1.165, 1.54) is 0 Å². The van der Waals surface area contributed by atoms with Crippen LogP contribution in [0.15, 0.2) is 77.9 Å². The standard InChI is InChI=1S/C21H17N5/c1-3-7-15(8-4-1)17-13-18(20-22-11-12-23-20)21-24-19(25-26(21)14-17)16-9-5-2-6-10-16/h1-10,13-14H,11-12H2,(H,22,23). The highest BCUT2D eigenvalue weighted by molar-refractivity contribution is 6.05. The summed E-state index contributed by atoms with van der Waals surface area (Å²) >= 11 is 0. The number of hydrogen-bond acceptors (Lipinski definition) is 4. The van der Waals surface area contributed by atoms with E-state index >= 15 is 0 Å². The lowest BCUT2D eigenvalue weighted by molar-refractivity contribution is 0.954. The monoisotopic (exact) mass is 339 g/mol. The van der Waals surface area contributed by atoms with Crippen molar-refractivity contribution < 1.29 is 0 Å². The third-order valence-electron chi connectivity index (χ3n) is 4.50. The normalized spacial score (nSPS) is 13.6. The Morgan fingerprint density at radius 1 is 0.846 bits per heavy atom. The van der Waals surface area contributed by atoms with Crippen LogP contribution in [0.3, 0.4) is 0 Å². The number of nitrogens with zero attached hydrogens (tertiary/aromatic N) is 4. The molecule has 0 fully saturated rings. The van der Waals surface area contributed by atoms with E-state index < -0.39 is 0 Å². The van der Waals surface area contributed by atoms with Crippen molar-refractivity contribution >= 4 is 11.5 Å². The van der Waals surface area contributed by atoms with Crippen molar-refractivity contribution in [3.05, 3.63) is 78.5 Å². The van der Waals surface area contributed by atoms with E-state index in [9.17, 15) is 0 Å². The number of fused-ring (bicyclic) bond motifs is 1. The van der Waals surface area contributed by atoms with Gasteiger partial charge in [0.15, 0.2) is 11.5 Å². The molecule has 0 spiro atoms. The Labute approximate surface area is 151 Å². The molecule has 0 amide bonds. The van der Waals surface area contributed by atoms with Gasteiger partial charge < -0.3 is 5.32 Å². The van der Waals surface area contributed by atoms with Crippen LogP contribution in [-0.2, 0) is 0 Å². The number of rotatable bonds is 3. The Balaban J connectivity index is 1.74. The maximum absolute atomic E-state index is 4.79. The van der Waals surface area contributed by atoms with Crippen molar-refractivity contribution in [1.82, 2.24) is 19.9 Å². The van der Waals surface area contributed by atoms with Gasteiger partial charge in [0.05, 0.1) is 12.1 Å². The van der Waals surface area contributed by atoms with Crippen molar-refractivity contribution in [3.8, 4) is 22.5 Å². The van der Waals surface area contributed by atoms with Crippen LogP contribution in [-0.4, -0.2) is 33.5 Å². The molecular weight excluding hydrogens is 322 g/mol. The van der Waals surface area contributed by atoms with E-state index in [-0.39, 0.29) is 0 Å². The molecule has 0 unspecified atom stereocenters. The molecule has 126 valence electrons. The quantitative estimate of drug-likeness (QED) is 0.622. The molecule has 1 N–H and O–H groups in total. The third kappa shape index (κ3) is 2.54. The van der Waals surface area contributed by atoms with Gasteiger partial charge in [0.1, 0.15) is 5.84 Å². The van der Waals surface area contributed by atoms with E-state index in [1.807, 2.05) is 59.2 Å². The zero-order valence-electron chi connectivity index (χ0n) is 14.1. The first kappa shape index (κ1) is 14.8. The maximum atomic E-state index is 4.79. The summed E-state index contributed by atoms with van der Waals surface area (Å²) < 4.78 is 1.86. The molecule has 5 heteroatoms. The van der Waals surface area contributed by atoms with E-state index in [1.54, 1.807) is 0 Å². The molecule has 2 aromatic carbocycles. The molecule has 0 radical (unpaired) electrons. The van der Waals surface area contributed by atoms with Gasteiger partial charge in [-0.25, -0.2) is 9.50 Å². The van der Waals surface area contributed by atoms with Crippen LogP contribution in [0.1, 0.15) is 5.56 Å². The Kier molecular flexibility index (Phi) is 3.49. The van der Waals surface area contributed by atoms with E-state index in [2.05, 4.69) is 28.5 Å². The Morgan fingerprint density at radius 2 is 1.58 bits per heavy atom. The Morgan fingerprint density at radius 3 is 2.27 bits per heavy atom. The predicted molar refractivity (Wildman–Crippen MR) is 103 cm³/mol. The minimum absolute atomic E-state index is 0.718. The number of aromatic nitrogens is 3. The second-order valence-corrected chi connectivity index (χ2v) is 6.24. The highest BCUT2D eigenvalue weighted by atomic mass is 15.3. The molecule has 0 saturated heterocycles. The summed E-state index contributed by atoms with van der Waals surface area (Å²) in [6, 6.07) is 22.5. The van der Waals surface area contributed by atoms with E-state index in [0.29, 0.717) is 0 Å². The van der Waals surface area contributed by atoms with Crippen molar-refractivity contribution in [2.75, 3.05) is 13.1 Å². The largest absolute Gasteiger partial charge is 0.368 e. The Hall–Kier alpha value is -3.47. The van der Waals surface area contributed by atoms with Crippen LogP contribution in [0.5, 0.6) is 0 Å². The van der Waals surface area contributed by atoms with Gasteiger partial charge in [-0.15, -0.1) is 5.10 Å². The molecule has 3 heterocycles. The third-order valence-corrected chi connectivity index (χ3v) is 4.50. The van der Waals surface area contributed by atoms with Crippen molar-refractivity contribution in [3.63, 3.8) is 0 Å². The zero-order valence-corrected chi connectivity index (χ0v) is 14.1. The van der Waals surface area contributed by atoms with Gasteiger partial charge in [-0.3, -0.25) is 4.99 Å². The van der Waals surface area contributed by atoms with Gasteiger partial charge in [0.25, 0.3) is 0 Å². The van der Waals surface area contributed by atoms with Crippen LogP contribution >= 0.6 is 0 Å². The molecule has 5 rings (SSSR count). The second kappa shape index (κ2) is 6.11. The molecule has 0 atom stereocenters. The van der Waals surface area contributed by atoms with Crippen LogP contribution < -0.4 is 5.32 Å². The van der Waals surface area contributed by atoms with Gasteiger partial charge in [-0.1, -0.05) is 60.7 Å². The molecule has 4 aromatic rings. The SMILES string of the molecule is c1ccc(-c2cc(C3=NCCN3)c3nc(-c4ccccc4)nn3c2)cc1. The first-order chi connectivity index (χ1) is 12.9. The summed E-state index contributed by atoms with van der Waals surface area (Å²) in [6.07, 6.45) is 2.03. The lowest BCUT2D eigenvalue weighted by Crippen LogP contribution is -2.20. The van der Waals surface area contributed by atoms with Crippen molar-refractivity contribution in [1.29, 1.82) is 0 Å². The minimum atomic E-state index is 0.718. The molecule has 5 nitrogen and oxygen atoms in total. The number of nitrogens with one attached hydrogen (secondary N) is 1. The summed E-state index contributed by atoms with van der Waals surface area (Å²) in [5.41, 5.74) is 5.04. The molecular formula is C21H17N5. The highest BCUT2D eigenvalue weighted by Gasteiger charge is 2.17. The average Bonchev–Trinajstić information content (AvgIpc) is 3.38. The summed E-state index contributed by atoms with van der Waals surface area (Å²) in [4.78, 5) is 9.39. The van der Waals surface area contributed by atoms with Gasteiger partial charge in [0, 0.05) is 23.9 Å². The fourth-order valence-corrected chi connectivity index (χ4v) is 3.24. The minimum Gasteiger partial charge on any atom is -0.368 e. The summed E-state index contributed by atoms with van der Waals surface area (Å²) in [6.45, 7) is 1.65. The van der Waals surface area contributed by atoms with Gasteiger partial charge in [-0.05, 0) is 11.6 Å². The lowest BCUT2D eigenvalue weighted by Gasteiger charge is -2.08. The topological polar surface area (TPSA) is 54.6 Å². The van der Waals surface area contributed by atoms with Crippen LogP contribution in [0, 0.1) is 0 Å². The van der Waals surface area contributed by atoms with Crippen molar-refractivity contribution in [2.45, 2.75) is 0 Å². The molecule has 0 saturated carbocycles. The average molecular weight is 339 g/mol. The fraction of sp³-hybridized carbons (Fsp3) is 0.0952. The fourth-order valence-electron chi connectivity index (χ4n) is 3.24. The molecule has 26 heavy (non-hydrogen) atoms. The smallest absolute Gasteiger partial charge is 0.182 e. The Bertz CT molecular complexity index is 1100. The highest BCUT2D eigenvalue weighted by Crippen LogP contribution is 2.25. The van der Waals surface area contributed by atoms with Crippen LogP contribution in [0.25, 0.3) is 28.2 Å².